The van der Waals surface area contributed by atoms with E-state index in [4.69, 9.17) is 5.11 Å². The summed E-state index contributed by atoms with van der Waals surface area (Å²) < 4.78 is 26.2. The Morgan fingerprint density at radius 2 is 1.69 bits per heavy atom. The predicted molar refractivity (Wildman–Crippen MR) is 56.9 cm³/mol. The molecule has 1 rings (SSSR count). The number of alkyl halides is 2. The SMILES string of the molecule is Cc1cc(C)c(CC(F)(F)C(=O)O)c(C)c1. The Morgan fingerprint density at radius 1 is 1.25 bits per heavy atom. The molecule has 4 heteroatoms. The molecule has 0 spiro atoms. The molecule has 0 saturated heterocycles. The van der Waals surface area contributed by atoms with E-state index in [1.165, 1.54) is 0 Å². The lowest BCUT2D eigenvalue weighted by Crippen LogP contribution is -2.31. The molecule has 0 aliphatic rings. The number of carbonyl (C=O) groups is 1. The molecule has 0 aromatic heterocycles. The van der Waals surface area contributed by atoms with E-state index in [0.717, 1.165) is 5.56 Å². The topological polar surface area (TPSA) is 37.3 Å². The summed E-state index contributed by atoms with van der Waals surface area (Å²) in [5.41, 5.74) is 2.81. The summed E-state index contributed by atoms with van der Waals surface area (Å²) in [4.78, 5) is 10.4. The average molecular weight is 228 g/mol. The molecule has 0 atom stereocenters. The Bertz CT molecular complexity index is 402. The smallest absolute Gasteiger partial charge is 0.374 e. The fourth-order valence-electron chi connectivity index (χ4n) is 1.79. The number of carboxylic acids is 1. The van der Waals surface area contributed by atoms with Gasteiger partial charge in [0.25, 0.3) is 0 Å². The van der Waals surface area contributed by atoms with Crippen LogP contribution in [0.4, 0.5) is 8.78 Å². The van der Waals surface area contributed by atoms with Gasteiger partial charge in [-0.15, -0.1) is 0 Å². The average Bonchev–Trinajstić information content (AvgIpc) is 2.11. The minimum Gasteiger partial charge on any atom is -0.477 e. The second-order valence-corrected chi connectivity index (χ2v) is 4.06. The maximum absolute atomic E-state index is 13.1. The highest BCUT2D eigenvalue weighted by atomic mass is 19.3. The number of benzene rings is 1. The van der Waals surface area contributed by atoms with E-state index in [0.29, 0.717) is 16.7 Å². The van der Waals surface area contributed by atoms with Crippen LogP contribution in [-0.2, 0) is 11.2 Å². The van der Waals surface area contributed by atoms with Gasteiger partial charge in [0, 0.05) is 6.42 Å². The van der Waals surface area contributed by atoms with Crippen molar-refractivity contribution in [3.8, 4) is 0 Å². The van der Waals surface area contributed by atoms with E-state index in [-0.39, 0.29) is 0 Å². The van der Waals surface area contributed by atoms with Gasteiger partial charge in [0.1, 0.15) is 0 Å². The molecule has 0 aliphatic heterocycles. The zero-order valence-corrected chi connectivity index (χ0v) is 9.47. The van der Waals surface area contributed by atoms with Crippen LogP contribution >= 0.6 is 0 Å². The van der Waals surface area contributed by atoms with Gasteiger partial charge in [-0.1, -0.05) is 17.7 Å². The Hall–Kier alpha value is -1.45. The molecule has 16 heavy (non-hydrogen) atoms. The summed E-state index contributed by atoms with van der Waals surface area (Å²) in [6.45, 7) is 5.31. The number of carboxylic acid groups (broad SMARTS) is 1. The van der Waals surface area contributed by atoms with Gasteiger partial charge in [-0.25, -0.2) is 4.79 Å². The molecular weight excluding hydrogens is 214 g/mol. The van der Waals surface area contributed by atoms with E-state index >= 15 is 0 Å². The van der Waals surface area contributed by atoms with Crippen LogP contribution < -0.4 is 0 Å². The molecule has 0 heterocycles. The fraction of sp³-hybridized carbons (Fsp3) is 0.417. The minimum absolute atomic E-state index is 0.415. The molecule has 2 nitrogen and oxygen atoms in total. The number of hydrogen-bond acceptors (Lipinski definition) is 1. The summed E-state index contributed by atoms with van der Waals surface area (Å²) in [5.74, 6) is -5.78. The highest BCUT2D eigenvalue weighted by molar-refractivity contribution is 5.75. The predicted octanol–water partition coefficient (Wildman–Crippen LogP) is 2.87. The monoisotopic (exact) mass is 228 g/mol. The minimum atomic E-state index is -3.70. The second kappa shape index (κ2) is 4.20. The standard InChI is InChI=1S/C12H14F2O2/c1-7-4-8(2)10(9(3)5-7)6-12(13,14)11(15)16/h4-5H,6H2,1-3H3,(H,15,16). The van der Waals surface area contributed by atoms with Crippen LogP contribution in [0.1, 0.15) is 22.3 Å². The number of aliphatic carboxylic acids is 1. The molecule has 0 unspecified atom stereocenters. The Kier molecular flexibility index (Phi) is 3.31. The highest BCUT2D eigenvalue weighted by Crippen LogP contribution is 2.25. The molecule has 1 aromatic carbocycles. The van der Waals surface area contributed by atoms with Gasteiger partial charge in [-0.3, -0.25) is 0 Å². The van der Waals surface area contributed by atoms with Crippen molar-refractivity contribution < 1.29 is 18.7 Å². The first-order chi connectivity index (χ1) is 7.24. The number of aryl methyl sites for hydroxylation is 3. The van der Waals surface area contributed by atoms with Crippen molar-refractivity contribution in [3.63, 3.8) is 0 Å². The lowest BCUT2D eigenvalue weighted by Gasteiger charge is -2.16. The first-order valence-electron chi connectivity index (χ1n) is 4.92. The zero-order chi connectivity index (χ0) is 12.5. The lowest BCUT2D eigenvalue weighted by atomic mass is 9.95. The van der Waals surface area contributed by atoms with Crippen LogP contribution in [0.3, 0.4) is 0 Å². The Labute approximate surface area is 92.9 Å². The van der Waals surface area contributed by atoms with Crippen molar-refractivity contribution in [3.05, 3.63) is 34.4 Å². The molecule has 1 N–H and O–H groups in total. The first-order valence-corrected chi connectivity index (χ1v) is 4.92. The molecule has 0 radical (unpaired) electrons. The third-order valence-electron chi connectivity index (χ3n) is 2.55. The van der Waals surface area contributed by atoms with Crippen LogP contribution in [0, 0.1) is 20.8 Å². The van der Waals surface area contributed by atoms with Gasteiger partial charge >= 0.3 is 11.9 Å². The van der Waals surface area contributed by atoms with Crippen LogP contribution in [-0.4, -0.2) is 17.0 Å². The molecule has 0 bridgehead atoms. The molecule has 1 aromatic rings. The van der Waals surface area contributed by atoms with Gasteiger partial charge in [0.2, 0.25) is 0 Å². The quantitative estimate of drug-likeness (QED) is 0.863. The Balaban J connectivity index is 3.11. The van der Waals surface area contributed by atoms with Gasteiger partial charge in [-0.05, 0) is 37.5 Å². The fourth-order valence-corrected chi connectivity index (χ4v) is 1.79. The van der Waals surface area contributed by atoms with E-state index in [2.05, 4.69) is 0 Å². The molecule has 0 saturated carbocycles. The number of halogens is 2. The van der Waals surface area contributed by atoms with E-state index in [9.17, 15) is 13.6 Å². The second-order valence-electron chi connectivity index (χ2n) is 4.06. The van der Waals surface area contributed by atoms with Crippen LogP contribution in [0.5, 0.6) is 0 Å². The third-order valence-corrected chi connectivity index (χ3v) is 2.55. The molecule has 0 fully saturated rings. The van der Waals surface area contributed by atoms with Crippen molar-refractivity contribution >= 4 is 5.97 Å². The Morgan fingerprint density at radius 3 is 2.06 bits per heavy atom. The summed E-state index contributed by atoms with van der Waals surface area (Å²) in [6, 6.07) is 3.56. The number of hydrogen-bond donors (Lipinski definition) is 1. The van der Waals surface area contributed by atoms with E-state index in [1.807, 2.05) is 6.92 Å². The van der Waals surface area contributed by atoms with Crippen LogP contribution in [0.15, 0.2) is 12.1 Å². The summed E-state index contributed by atoms with van der Waals surface area (Å²) >= 11 is 0. The zero-order valence-electron chi connectivity index (χ0n) is 9.47. The van der Waals surface area contributed by atoms with Crippen LogP contribution in [0.25, 0.3) is 0 Å². The van der Waals surface area contributed by atoms with Crippen molar-refractivity contribution in [1.82, 2.24) is 0 Å². The third kappa shape index (κ3) is 2.56. The van der Waals surface area contributed by atoms with Gasteiger partial charge < -0.3 is 5.11 Å². The van der Waals surface area contributed by atoms with Gasteiger partial charge in [-0.2, -0.15) is 8.78 Å². The summed E-state index contributed by atoms with van der Waals surface area (Å²) in [5, 5.41) is 8.39. The molecule has 88 valence electrons. The van der Waals surface area contributed by atoms with Crippen molar-refractivity contribution in [2.75, 3.05) is 0 Å². The van der Waals surface area contributed by atoms with Crippen molar-refractivity contribution in [1.29, 1.82) is 0 Å². The molecule has 0 aliphatic carbocycles. The van der Waals surface area contributed by atoms with Crippen molar-refractivity contribution in [2.24, 2.45) is 0 Å². The maximum Gasteiger partial charge on any atom is 0.374 e. The largest absolute Gasteiger partial charge is 0.477 e. The van der Waals surface area contributed by atoms with Gasteiger partial charge in [0.05, 0.1) is 0 Å². The van der Waals surface area contributed by atoms with E-state index < -0.39 is 18.3 Å². The van der Waals surface area contributed by atoms with E-state index in [1.54, 1.807) is 26.0 Å². The lowest BCUT2D eigenvalue weighted by molar-refractivity contribution is -0.164. The normalized spacial score (nSPS) is 11.6. The highest BCUT2D eigenvalue weighted by Gasteiger charge is 2.39. The molecular formula is C12H14F2O2. The van der Waals surface area contributed by atoms with Gasteiger partial charge in [0.15, 0.2) is 0 Å². The van der Waals surface area contributed by atoms with Crippen LogP contribution in [0.2, 0.25) is 0 Å². The first kappa shape index (κ1) is 12.6. The summed E-state index contributed by atoms with van der Waals surface area (Å²) in [7, 11) is 0. The van der Waals surface area contributed by atoms with Crippen molar-refractivity contribution in [2.45, 2.75) is 33.1 Å². The number of rotatable bonds is 3. The molecule has 0 amide bonds. The summed E-state index contributed by atoms with van der Waals surface area (Å²) in [6.07, 6.45) is -0.750. The maximum atomic E-state index is 13.1.